The number of hydrogen-bond donors (Lipinski definition) is 1. The highest BCUT2D eigenvalue weighted by molar-refractivity contribution is 6.17. The first-order valence-electron chi connectivity index (χ1n) is 8.13. The van der Waals surface area contributed by atoms with Crippen molar-refractivity contribution in [3.05, 3.63) is 101 Å². The van der Waals surface area contributed by atoms with Gasteiger partial charge < -0.3 is 5.32 Å². The van der Waals surface area contributed by atoms with Crippen LogP contribution in [0.3, 0.4) is 0 Å². The van der Waals surface area contributed by atoms with E-state index in [1.165, 1.54) is 0 Å². The third-order valence-corrected chi connectivity index (χ3v) is 4.08. The Kier molecular flexibility index (Phi) is 4.75. The van der Waals surface area contributed by atoms with Crippen LogP contribution in [0.15, 0.2) is 72.8 Å². The number of amides is 1. The van der Waals surface area contributed by atoms with E-state index >= 15 is 0 Å². The van der Waals surface area contributed by atoms with Crippen molar-refractivity contribution in [1.29, 1.82) is 0 Å². The molecule has 0 spiro atoms. The van der Waals surface area contributed by atoms with Crippen molar-refractivity contribution in [1.82, 2.24) is 0 Å². The molecule has 0 atom stereocenters. The maximum Gasteiger partial charge on any atom is 0.256 e. The molecule has 0 bridgehead atoms. The van der Waals surface area contributed by atoms with Crippen LogP contribution in [-0.4, -0.2) is 11.7 Å². The van der Waals surface area contributed by atoms with Crippen molar-refractivity contribution >= 4 is 17.4 Å². The highest BCUT2D eigenvalue weighted by Crippen LogP contribution is 2.20. The number of nitrogens with one attached hydrogen (secondary N) is 1. The van der Waals surface area contributed by atoms with Crippen LogP contribution < -0.4 is 5.32 Å². The quantitative estimate of drug-likeness (QED) is 0.700. The number of anilines is 1. The number of carbonyl (C=O) groups excluding carboxylic acids is 2. The molecule has 0 aromatic heterocycles. The molecular weight excluding hydrogens is 310 g/mol. The van der Waals surface area contributed by atoms with Gasteiger partial charge in [-0.3, -0.25) is 9.59 Å². The second kappa shape index (κ2) is 7.14. The minimum atomic E-state index is -0.285. The monoisotopic (exact) mass is 329 g/mol. The standard InChI is InChI=1S/C22H19NO2/c1-15-12-13-20(16(2)14-15)23-22(25)19-11-7-6-10-18(19)21(24)17-8-4-3-5-9-17/h3-14H,1-2H3,(H,23,25). The van der Waals surface area contributed by atoms with Crippen molar-refractivity contribution in [2.75, 3.05) is 5.32 Å². The molecule has 0 aliphatic heterocycles. The third kappa shape index (κ3) is 3.66. The van der Waals surface area contributed by atoms with Crippen molar-refractivity contribution < 1.29 is 9.59 Å². The Morgan fingerprint density at radius 3 is 2.08 bits per heavy atom. The molecule has 3 aromatic rings. The predicted molar refractivity (Wildman–Crippen MR) is 100 cm³/mol. The van der Waals surface area contributed by atoms with E-state index in [4.69, 9.17) is 0 Å². The largest absolute Gasteiger partial charge is 0.322 e. The zero-order valence-corrected chi connectivity index (χ0v) is 14.2. The number of carbonyl (C=O) groups is 2. The minimum Gasteiger partial charge on any atom is -0.322 e. The van der Waals surface area contributed by atoms with Crippen LogP contribution in [0.25, 0.3) is 0 Å². The summed E-state index contributed by atoms with van der Waals surface area (Å²) in [6, 6.07) is 21.7. The van der Waals surface area contributed by atoms with Crippen molar-refractivity contribution in [2.45, 2.75) is 13.8 Å². The Morgan fingerprint density at radius 1 is 0.760 bits per heavy atom. The Morgan fingerprint density at radius 2 is 1.40 bits per heavy atom. The molecule has 0 saturated carbocycles. The second-order valence-corrected chi connectivity index (χ2v) is 6.01. The number of rotatable bonds is 4. The molecule has 3 rings (SSSR count). The Labute approximate surface area is 147 Å². The molecule has 0 aliphatic carbocycles. The summed E-state index contributed by atoms with van der Waals surface area (Å²) in [7, 11) is 0. The molecule has 0 saturated heterocycles. The predicted octanol–water partition coefficient (Wildman–Crippen LogP) is 4.79. The SMILES string of the molecule is Cc1ccc(NC(=O)c2ccccc2C(=O)c2ccccc2)c(C)c1. The topological polar surface area (TPSA) is 46.2 Å². The Bertz CT molecular complexity index is 930. The van der Waals surface area contributed by atoms with Crippen LogP contribution in [0.2, 0.25) is 0 Å². The number of aryl methyl sites for hydroxylation is 2. The third-order valence-electron chi connectivity index (χ3n) is 4.08. The van der Waals surface area contributed by atoms with Gasteiger partial charge in [-0.2, -0.15) is 0 Å². The summed E-state index contributed by atoms with van der Waals surface area (Å²) in [4.78, 5) is 25.5. The fourth-order valence-corrected chi connectivity index (χ4v) is 2.77. The maximum atomic E-state index is 12.8. The summed E-state index contributed by atoms with van der Waals surface area (Å²) in [6.07, 6.45) is 0. The summed E-state index contributed by atoms with van der Waals surface area (Å²) in [5.74, 6) is -0.446. The first-order chi connectivity index (χ1) is 12.1. The summed E-state index contributed by atoms with van der Waals surface area (Å²) in [6.45, 7) is 3.95. The molecule has 25 heavy (non-hydrogen) atoms. The lowest BCUT2D eigenvalue weighted by atomic mass is 9.98. The van der Waals surface area contributed by atoms with E-state index < -0.39 is 0 Å². The molecule has 0 fully saturated rings. The van der Waals surface area contributed by atoms with Crippen molar-refractivity contribution in [2.24, 2.45) is 0 Å². The van der Waals surface area contributed by atoms with Crippen LogP contribution in [0.4, 0.5) is 5.69 Å². The van der Waals surface area contributed by atoms with Gasteiger partial charge in [-0.1, -0.05) is 66.2 Å². The van der Waals surface area contributed by atoms with Gasteiger partial charge >= 0.3 is 0 Å². The van der Waals surface area contributed by atoms with Crippen LogP contribution in [0.1, 0.15) is 37.4 Å². The molecule has 0 aliphatic rings. The Hall–Kier alpha value is -3.20. The summed E-state index contributed by atoms with van der Waals surface area (Å²) < 4.78 is 0. The highest BCUT2D eigenvalue weighted by atomic mass is 16.2. The first-order valence-corrected chi connectivity index (χ1v) is 8.13. The number of ketones is 1. The summed E-state index contributed by atoms with van der Waals surface area (Å²) in [5.41, 5.74) is 4.20. The van der Waals surface area contributed by atoms with Gasteiger partial charge in [0.1, 0.15) is 0 Å². The van der Waals surface area contributed by atoms with Gasteiger partial charge in [-0.25, -0.2) is 0 Å². The van der Waals surface area contributed by atoms with Gasteiger partial charge in [-0.15, -0.1) is 0 Å². The first kappa shape index (κ1) is 16.7. The zero-order valence-electron chi connectivity index (χ0n) is 14.2. The lowest BCUT2D eigenvalue weighted by Gasteiger charge is -2.12. The van der Waals surface area contributed by atoms with E-state index in [1.807, 2.05) is 50.2 Å². The molecule has 1 amide bonds. The van der Waals surface area contributed by atoms with E-state index in [1.54, 1.807) is 36.4 Å². The van der Waals surface area contributed by atoms with Gasteiger partial charge in [-0.05, 0) is 31.5 Å². The average molecular weight is 329 g/mol. The van der Waals surface area contributed by atoms with Crippen LogP contribution in [-0.2, 0) is 0 Å². The van der Waals surface area contributed by atoms with Gasteiger partial charge in [0.15, 0.2) is 5.78 Å². The van der Waals surface area contributed by atoms with E-state index in [0.717, 1.165) is 16.8 Å². The van der Waals surface area contributed by atoms with Gasteiger partial charge in [0.05, 0.1) is 5.56 Å². The molecule has 0 radical (unpaired) electrons. The van der Waals surface area contributed by atoms with Crippen LogP contribution in [0.5, 0.6) is 0 Å². The van der Waals surface area contributed by atoms with E-state index in [0.29, 0.717) is 16.7 Å². The van der Waals surface area contributed by atoms with Gasteiger partial charge in [0, 0.05) is 16.8 Å². The summed E-state index contributed by atoms with van der Waals surface area (Å²) in [5, 5.41) is 2.91. The van der Waals surface area contributed by atoms with Gasteiger partial charge in [0.2, 0.25) is 0 Å². The maximum absolute atomic E-state index is 12.8. The molecule has 0 heterocycles. The van der Waals surface area contributed by atoms with Gasteiger partial charge in [0.25, 0.3) is 5.91 Å². The fourth-order valence-electron chi connectivity index (χ4n) is 2.77. The number of hydrogen-bond acceptors (Lipinski definition) is 2. The minimum absolute atomic E-state index is 0.160. The van der Waals surface area contributed by atoms with E-state index in [2.05, 4.69) is 5.32 Å². The zero-order chi connectivity index (χ0) is 17.8. The molecular formula is C22H19NO2. The Balaban J connectivity index is 1.92. The lowest BCUT2D eigenvalue weighted by molar-refractivity contribution is 0.0996. The van der Waals surface area contributed by atoms with Crippen molar-refractivity contribution in [3.8, 4) is 0 Å². The molecule has 0 unspecified atom stereocenters. The summed E-state index contributed by atoms with van der Waals surface area (Å²) >= 11 is 0. The van der Waals surface area contributed by atoms with Crippen molar-refractivity contribution in [3.63, 3.8) is 0 Å². The van der Waals surface area contributed by atoms with E-state index in [-0.39, 0.29) is 11.7 Å². The molecule has 3 nitrogen and oxygen atoms in total. The fraction of sp³-hybridized carbons (Fsp3) is 0.0909. The molecule has 3 aromatic carbocycles. The molecule has 3 heteroatoms. The van der Waals surface area contributed by atoms with E-state index in [9.17, 15) is 9.59 Å². The normalized spacial score (nSPS) is 10.3. The average Bonchev–Trinajstić information content (AvgIpc) is 2.64. The highest BCUT2D eigenvalue weighted by Gasteiger charge is 2.18. The molecule has 1 N–H and O–H groups in total. The van der Waals surface area contributed by atoms with Crippen LogP contribution in [0, 0.1) is 13.8 Å². The molecule has 124 valence electrons. The lowest BCUT2D eigenvalue weighted by Crippen LogP contribution is -2.17. The second-order valence-electron chi connectivity index (χ2n) is 6.01. The van der Waals surface area contributed by atoms with Crippen LogP contribution >= 0.6 is 0 Å². The smallest absolute Gasteiger partial charge is 0.256 e. The number of benzene rings is 3.